The summed E-state index contributed by atoms with van der Waals surface area (Å²) in [5.41, 5.74) is 0.106. The molecule has 1 aromatic rings. The van der Waals surface area contributed by atoms with E-state index in [4.69, 9.17) is 4.74 Å². The van der Waals surface area contributed by atoms with Crippen LogP contribution in [0, 0.1) is 5.82 Å². The first-order valence-electron chi connectivity index (χ1n) is 6.25. The summed E-state index contributed by atoms with van der Waals surface area (Å²) in [4.78, 5) is 13.9. The van der Waals surface area contributed by atoms with E-state index in [0.29, 0.717) is 10.2 Å². The second kappa shape index (κ2) is 5.12. The predicted octanol–water partition coefficient (Wildman–Crippen LogP) is 4.49. The first kappa shape index (κ1) is 14.3. The Morgan fingerprint density at radius 1 is 1.42 bits per heavy atom. The van der Waals surface area contributed by atoms with Crippen LogP contribution in [0.1, 0.15) is 33.6 Å². The van der Waals surface area contributed by atoms with Gasteiger partial charge in [0, 0.05) is 10.5 Å². The maximum absolute atomic E-state index is 13.1. The Morgan fingerprint density at radius 2 is 2.05 bits per heavy atom. The third-order valence-corrected chi connectivity index (χ3v) is 3.31. The van der Waals surface area contributed by atoms with E-state index < -0.39 is 5.60 Å². The van der Waals surface area contributed by atoms with Crippen molar-refractivity contribution < 1.29 is 13.9 Å². The summed E-state index contributed by atoms with van der Waals surface area (Å²) in [6.45, 7) is 5.49. The Morgan fingerprint density at radius 3 is 2.53 bits per heavy atom. The molecule has 1 aromatic carbocycles. The highest BCUT2D eigenvalue weighted by molar-refractivity contribution is 9.10. The van der Waals surface area contributed by atoms with Crippen molar-refractivity contribution in [1.82, 2.24) is 0 Å². The molecular weight excluding hydrogens is 313 g/mol. The van der Waals surface area contributed by atoms with Gasteiger partial charge in [0.25, 0.3) is 0 Å². The predicted molar refractivity (Wildman–Crippen MR) is 75.8 cm³/mol. The summed E-state index contributed by atoms with van der Waals surface area (Å²) in [6.07, 6.45) is 1.51. The van der Waals surface area contributed by atoms with Gasteiger partial charge in [0.15, 0.2) is 0 Å². The quantitative estimate of drug-likeness (QED) is 0.799. The minimum atomic E-state index is -0.545. The van der Waals surface area contributed by atoms with E-state index in [1.165, 1.54) is 12.1 Å². The SMILES string of the molecule is CC(C)(C)OC(=O)N(c1ccc(F)cc1Br)C1CC1. The lowest BCUT2D eigenvalue weighted by Gasteiger charge is -2.28. The molecule has 0 atom stereocenters. The Labute approximate surface area is 120 Å². The number of anilines is 1. The van der Waals surface area contributed by atoms with Crippen LogP contribution in [0.3, 0.4) is 0 Å². The van der Waals surface area contributed by atoms with Crippen LogP contribution in [0.4, 0.5) is 14.9 Å². The van der Waals surface area contributed by atoms with Crippen molar-refractivity contribution in [2.75, 3.05) is 4.90 Å². The number of benzene rings is 1. The molecule has 19 heavy (non-hydrogen) atoms. The van der Waals surface area contributed by atoms with Crippen molar-refractivity contribution in [3.05, 3.63) is 28.5 Å². The van der Waals surface area contributed by atoms with Crippen LogP contribution in [-0.4, -0.2) is 17.7 Å². The lowest BCUT2D eigenvalue weighted by atomic mass is 10.2. The summed E-state index contributed by atoms with van der Waals surface area (Å²) in [5, 5.41) is 0. The number of hydrogen-bond acceptors (Lipinski definition) is 2. The minimum absolute atomic E-state index is 0.150. The Kier molecular flexibility index (Phi) is 3.85. The van der Waals surface area contributed by atoms with E-state index in [9.17, 15) is 9.18 Å². The number of carbonyl (C=O) groups excluding carboxylic acids is 1. The standard InChI is InChI=1S/C14H17BrFNO2/c1-14(2,3)19-13(18)17(10-5-6-10)12-7-4-9(16)8-11(12)15/h4,7-8,10H,5-6H2,1-3H3. The van der Waals surface area contributed by atoms with Gasteiger partial charge < -0.3 is 4.74 Å². The molecule has 0 N–H and O–H groups in total. The molecule has 0 spiro atoms. The monoisotopic (exact) mass is 329 g/mol. The van der Waals surface area contributed by atoms with Crippen molar-refractivity contribution in [2.24, 2.45) is 0 Å². The topological polar surface area (TPSA) is 29.5 Å². The lowest BCUT2D eigenvalue weighted by molar-refractivity contribution is 0.0577. The van der Waals surface area contributed by atoms with E-state index >= 15 is 0 Å². The molecule has 3 nitrogen and oxygen atoms in total. The Bertz CT molecular complexity index is 495. The van der Waals surface area contributed by atoms with Gasteiger partial charge >= 0.3 is 6.09 Å². The fourth-order valence-corrected chi connectivity index (χ4v) is 2.31. The van der Waals surface area contributed by atoms with Gasteiger partial charge in [0.05, 0.1) is 5.69 Å². The second-order valence-corrected chi connectivity index (χ2v) is 6.53. The van der Waals surface area contributed by atoms with Gasteiger partial charge in [-0.25, -0.2) is 9.18 Å². The Hall–Kier alpha value is -1.10. The van der Waals surface area contributed by atoms with Crippen molar-refractivity contribution >= 4 is 27.7 Å². The zero-order valence-electron chi connectivity index (χ0n) is 11.2. The zero-order chi connectivity index (χ0) is 14.2. The molecule has 0 aromatic heterocycles. The highest BCUT2D eigenvalue weighted by Crippen LogP contribution is 2.37. The molecule has 1 amide bonds. The molecule has 0 unspecified atom stereocenters. The van der Waals surface area contributed by atoms with E-state index in [-0.39, 0.29) is 18.0 Å². The first-order valence-corrected chi connectivity index (χ1v) is 7.04. The summed E-state index contributed by atoms with van der Waals surface area (Å²) in [7, 11) is 0. The number of amides is 1. The molecule has 0 aliphatic heterocycles. The zero-order valence-corrected chi connectivity index (χ0v) is 12.8. The molecular formula is C14H17BrFNO2. The summed E-state index contributed by atoms with van der Waals surface area (Å²) >= 11 is 3.30. The van der Waals surface area contributed by atoms with Crippen LogP contribution in [0.25, 0.3) is 0 Å². The number of nitrogens with zero attached hydrogens (tertiary/aromatic N) is 1. The molecule has 0 radical (unpaired) electrons. The van der Waals surface area contributed by atoms with Crippen LogP contribution in [0.5, 0.6) is 0 Å². The van der Waals surface area contributed by atoms with Gasteiger partial charge in [0.1, 0.15) is 11.4 Å². The van der Waals surface area contributed by atoms with Crippen LogP contribution in [-0.2, 0) is 4.74 Å². The molecule has 0 heterocycles. The fourth-order valence-electron chi connectivity index (χ4n) is 1.76. The first-order chi connectivity index (χ1) is 8.78. The van der Waals surface area contributed by atoms with Crippen LogP contribution in [0.15, 0.2) is 22.7 Å². The lowest BCUT2D eigenvalue weighted by Crippen LogP contribution is -2.38. The third kappa shape index (κ3) is 3.69. The van der Waals surface area contributed by atoms with Crippen molar-refractivity contribution in [1.29, 1.82) is 0 Å². The second-order valence-electron chi connectivity index (χ2n) is 5.68. The van der Waals surface area contributed by atoms with Gasteiger partial charge in [-0.2, -0.15) is 0 Å². The molecule has 1 aliphatic rings. The molecule has 1 fully saturated rings. The average molecular weight is 330 g/mol. The van der Waals surface area contributed by atoms with Gasteiger partial charge in [-0.15, -0.1) is 0 Å². The molecule has 2 rings (SSSR count). The number of rotatable bonds is 2. The van der Waals surface area contributed by atoms with Crippen LogP contribution >= 0.6 is 15.9 Å². The number of ether oxygens (including phenoxy) is 1. The van der Waals surface area contributed by atoms with E-state index in [0.717, 1.165) is 12.8 Å². The molecule has 5 heteroatoms. The molecule has 104 valence electrons. The maximum atomic E-state index is 13.1. The molecule has 1 aliphatic carbocycles. The molecule has 0 saturated heterocycles. The third-order valence-electron chi connectivity index (χ3n) is 2.67. The number of hydrogen-bond donors (Lipinski definition) is 0. The van der Waals surface area contributed by atoms with Crippen molar-refractivity contribution in [3.8, 4) is 0 Å². The molecule has 1 saturated carbocycles. The normalized spacial score (nSPS) is 15.2. The van der Waals surface area contributed by atoms with Crippen molar-refractivity contribution in [2.45, 2.75) is 45.3 Å². The highest BCUT2D eigenvalue weighted by Gasteiger charge is 2.37. The fraction of sp³-hybridized carbons (Fsp3) is 0.500. The summed E-state index contributed by atoms with van der Waals surface area (Å²) < 4.78 is 19.1. The summed E-state index contributed by atoms with van der Waals surface area (Å²) in [5.74, 6) is -0.337. The maximum Gasteiger partial charge on any atom is 0.415 e. The smallest absolute Gasteiger partial charge is 0.415 e. The largest absolute Gasteiger partial charge is 0.443 e. The highest BCUT2D eigenvalue weighted by atomic mass is 79.9. The van der Waals surface area contributed by atoms with Crippen molar-refractivity contribution in [3.63, 3.8) is 0 Å². The van der Waals surface area contributed by atoms with E-state index in [2.05, 4.69) is 15.9 Å². The van der Waals surface area contributed by atoms with Gasteiger partial charge in [0.2, 0.25) is 0 Å². The summed E-state index contributed by atoms with van der Waals surface area (Å²) in [6, 6.07) is 4.45. The number of halogens is 2. The van der Waals surface area contributed by atoms with Gasteiger partial charge in [-0.05, 0) is 67.7 Å². The Balaban J connectivity index is 2.27. The average Bonchev–Trinajstić information content (AvgIpc) is 3.03. The molecule has 0 bridgehead atoms. The minimum Gasteiger partial charge on any atom is -0.443 e. The number of carbonyl (C=O) groups is 1. The van der Waals surface area contributed by atoms with Gasteiger partial charge in [-0.1, -0.05) is 0 Å². The van der Waals surface area contributed by atoms with E-state index in [1.807, 2.05) is 20.8 Å². The van der Waals surface area contributed by atoms with Gasteiger partial charge in [-0.3, -0.25) is 4.90 Å². The van der Waals surface area contributed by atoms with E-state index in [1.54, 1.807) is 11.0 Å². The van der Waals surface area contributed by atoms with Crippen LogP contribution < -0.4 is 4.90 Å². The van der Waals surface area contributed by atoms with Crippen LogP contribution in [0.2, 0.25) is 0 Å².